The Morgan fingerprint density at radius 2 is 2.05 bits per heavy atom. The number of anilines is 1. The van der Waals surface area contributed by atoms with Crippen LogP contribution in [0.15, 0.2) is 35.7 Å². The molecule has 0 saturated carbocycles. The first-order chi connectivity index (χ1) is 9.20. The molecule has 0 bridgehead atoms. The zero-order valence-corrected chi connectivity index (χ0v) is 14.3. The van der Waals surface area contributed by atoms with Gasteiger partial charge in [-0.1, -0.05) is 66.3 Å². The third kappa shape index (κ3) is 4.18. The molecule has 0 N–H and O–H groups in total. The summed E-state index contributed by atoms with van der Waals surface area (Å²) < 4.78 is 0.691. The predicted octanol–water partition coefficient (Wildman–Crippen LogP) is 4.85. The first kappa shape index (κ1) is 14.8. The van der Waals surface area contributed by atoms with Crippen LogP contribution in [-0.2, 0) is 0 Å². The van der Waals surface area contributed by atoms with E-state index >= 15 is 0 Å². The maximum atomic E-state index is 4.73. The van der Waals surface area contributed by atoms with Crippen molar-refractivity contribution in [2.45, 2.75) is 23.7 Å². The molecule has 1 unspecified atom stereocenters. The van der Waals surface area contributed by atoms with E-state index in [0.29, 0.717) is 3.92 Å². The minimum Gasteiger partial charge on any atom is -0.350 e. The summed E-state index contributed by atoms with van der Waals surface area (Å²) in [6, 6.07) is 10.4. The molecule has 1 aromatic heterocycles. The van der Waals surface area contributed by atoms with Gasteiger partial charge < -0.3 is 4.90 Å². The van der Waals surface area contributed by atoms with Crippen LogP contribution in [0, 0.1) is 0 Å². The van der Waals surface area contributed by atoms with Gasteiger partial charge in [0.15, 0.2) is 5.13 Å². The lowest BCUT2D eigenvalue weighted by Crippen LogP contribution is -2.25. The zero-order chi connectivity index (χ0) is 13.7. The summed E-state index contributed by atoms with van der Waals surface area (Å²) in [6.45, 7) is 3.30. The Kier molecular flexibility index (Phi) is 5.63. The summed E-state index contributed by atoms with van der Waals surface area (Å²) in [6.07, 6.45) is 2.51. The molecule has 102 valence electrons. The smallest absolute Gasteiger partial charge is 0.185 e. The Bertz CT molecular complexity index is 498. The molecule has 0 aliphatic rings. The second-order valence-electron chi connectivity index (χ2n) is 4.65. The third-order valence-corrected chi connectivity index (χ3v) is 4.93. The maximum Gasteiger partial charge on any atom is 0.185 e. The highest BCUT2D eigenvalue weighted by molar-refractivity contribution is 14.1. The van der Waals surface area contributed by atoms with Crippen molar-refractivity contribution in [2.75, 3.05) is 18.5 Å². The number of rotatable bonds is 6. The number of aromatic nitrogens is 1. The fourth-order valence-corrected chi connectivity index (χ4v) is 3.99. The monoisotopic (exact) mass is 386 g/mol. The molecule has 1 atom stereocenters. The van der Waals surface area contributed by atoms with Gasteiger partial charge in [0.2, 0.25) is 0 Å². The van der Waals surface area contributed by atoms with Gasteiger partial charge in [0.1, 0.15) is 0 Å². The summed E-state index contributed by atoms with van der Waals surface area (Å²) >= 11 is 4.26. The molecule has 0 aliphatic heterocycles. The van der Waals surface area contributed by atoms with Gasteiger partial charge in [-0.2, -0.15) is 0 Å². The quantitative estimate of drug-likeness (QED) is 0.521. The van der Waals surface area contributed by atoms with E-state index in [0.717, 1.165) is 17.4 Å². The van der Waals surface area contributed by atoms with Crippen molar-refractivity contribution >= 4 is 39.1 Å². The van der Waals surface area contributed by atoms with E-state index in [2.05, 4.69) is 71.1 Å². The molecule has 0 aliphatic carbocycles. The first-order valence-corrected chi connectivity index (χ1v) is 8.69. The van der Waals surface area contributed by atoms with Gasteiger partial charge in [0.05, 0.1) is 5.69 Å². The molecule has 19 heavy (non-hydrogen) atoms. The second-order valence-corrected chi connectivity index (χ2v) is 7.25. The average Bonchev–Trinajstić information content (AvgIpc) is 2.89. The topological polar surface area (TPSA) is 16.1 Å². The van der Waals surface area contributed by atoms with Crippen molar-refractivity contribution in [3.05, 3.63) is 35.7 Å². The van der Waals surface area contributed by atoms with E-state index < -0.39 is 0 Å². The Balaban J connectivity index is 2.04. The van der Waals surface area contributed by atoms with Crippen LogP contribution >= 0.6 is 33.9 Å². The van der Waals surface area contributed by atoms with Crippen LogP contribution in [0.25, 0.3) is 11.3 Å². The van der Waals surface area contributed by atoms with E-state index in [9.17, 15) is 0 Å². The van der Waals surface area contributed by atoms with Crippen LogP contribution in [0.4, 0.5) is 5.13 Å². The molecule has 2 rings (SSSR count). The van der Waals surface area contributed by atoms with Crippen molar-refractivity contribution in [1.82, 2.24) is 4.98 Å². The standard InChI is InChI=1S/C15H19IN2S/c1-3-7-13(16)10-18(2)15-17-14(11-19-15)12-8-5-4-6-9-12/h4-6,8-9,11,13H,3,7,10H2,1-2H3. The van der Waals surface area contributed by atoms with Gasteiger partial charge in [-0.25, -0.2) is 4.98 Å². The van der Waals surface area contributed by atoms with Crippen LogP contribution in [0.2, 0.25) is 0 Å². The number of nitrogens with zero attached hydrogens (tertiary/aromatic N) is 2. The average molecular weight is 386 g/mol. The van der Waals surface area contributed by atoms with Gasteiger partial charge in [0, 0.05) is 28.5 Å². The highest BCUT2D eigenvalue weighted by Crippen LogP contribution is 2.27. The Morgan fingerprint density at radius 1 is 1.32 bits per heavy atom. The molecule has 4 heteroatoms. The Hall–Kier alpha value is -0.620. The van der Waals surface area contributed by atoms with Gasteiger partial charge in [-0.3, -0.25) is 0 Å². The number of thiazole rings is 1. The number of benzene rings is 1. The maximum absolute atomic E-state index is 4.73. The van der Waals surface area contributed by atoms with Crippen LogP contribution in [-0.4, -0.2) is 22.5 Å². The number of alkyl halides is 1. The fraction of sp³-hybridized carbons (Fsp3) is 0.400. The van der Waals surface area contributed by atoms with E-state index in [1.165, 1.54) is 18.4 Å². The van der Waals surface area contributed by atoms with Gasteiger partial charge >= 0.3 is 0 Å². The molecule has 0 saturated heterocycles. The van der Waals surface area contributed by atoms with Crippen LogP contribution < -0.4 is 4.90 Å². The first-order valence-electron chi connectivity index (χ1n) is 6.57. The largest absolute Gasteiger partial charge is 0.350 e. The molecule has 0 fully saturated rings. The molecule has 0 spiro atoms. The summed E-state index contributed by atoms with van der Waals surface area (Å²) in [4.78, 5) is 7.00. The van der Waals surface area contributed by atoms with Crippen molar-refractivity contribution in [3.8, 4) is 11.3 Å². The number of hydrogen-bond donors (Lipinski definition) is 0. The van der Waals surface area contributed by atoms with E-state index in [1.807, 2.05) is 6.07 Å². The minimum absolute atomic E-state index is 0.691. The molecule has 1 heterocycles. The summed E-state index contributed by atoms with van der Waals surface area (Å²) in [5.74, 6) is 0. The van der Waals surface area contributed by atoms with Crippen molar-refractivity contribution in [2.24, 2.45) is 0 Å². The van der Waals surface area contributed by atoms with E-state index in [1.54, 1.807) is 11.3 Å². The van der Waals surface area contributed by atoms with E-state index in [-0.39, 0.29) is 0 Å². The van der Waals surface area contributed by atoms with E-state index in [4.69, 9.17) is 4.98 Å². The van der Waals surface area contributed by atoms with Crippen molar-refractivity contribution < 1.29 is 0 Å². The highest BCUT2D eigenvalue weighted by atomic mass is 127. The minimum atomic E-state index is 0.691. The summed E-state index contributed by atoms with van der Waals surface area (Å²) in [7, 11) is 2.13. The van der Waals surface area contributed by atoms with Crippen LogP contribution in [0.1, 0.15) is 19.8 Å². The molecule has 1 aromatic carbocycles. The predicted molar refractivity (Wildman–Crippen MR) is 93.5 cm³/mol. The summed E-state index contributed by atoms with van der Waals surface area (Å²) in [5.41, 5.74) is 2.27. The fourth-order valence-electron chi connectivity index (χ4n) is 1.96. The molecular weight excluding hydrogens is 367 g/mol. The van der Waals surface area contributed by atoms with Crippen molar-refractivity contribution in [1.29, 1.82) is 0 Å². The molecular formula is C15H19IN2S. The number of hydrogen-bond acceptors (Lipinski definition) is 3. The highest BCUT2D eigenvalue weighted by Gasteiger charge is 2.11. The lowest BCUT2D eigenvalue weighted by molar-refractivity contribution is 0.739. The van der Waals surface area contributed by atoms with Gasteiger partial charge in [-0.05, 0) is 6.42 Å². The normalized spacial score (nSPS) is 12.4. The Labute approximate surface area is 133 Å². The van der Waals surface area contributed by atoms with Gasteiger partial charge in [0.25, 0.3) is 0 Å². The zero-order valence-electron chi connectivity index (χ0n) is 11.3. The second kappa shape index (κ2) is 7.24. The molecule has 0 radical (unpaired) electrons. The molecule has 2 nitrogen and oxygen atoms in total. The Morgan fingerprint density at radius 3 is 2.74 bits per heavy atom. The molecule has 0 amide bonds. The third-order valence-electron chi connectivity index (χ3n) is 2.96. The van der Waals surface area contributed by atoms with Crippen molar-refractivity contribution in [3.63, 3.8) is 0 Å². The molecule has 2 aromatic rings. The van der Waals surface area contributed by atoms with Gasteiger partial charge in [-0.15, -0.1) is 11.3 Å². The summed E-state index contributed by atoms with van der Waals surface area (Å²) in [5, 5.41) is 3.25. The number of halogens is 1. The van der Waals surface area contributed by atoms with Crippen LogP contribution in [0.5, 0.6) is 0 Å². The SMILES string of the molecule is CCCC(I)CN(C)c1nc(-c2ccccc2)cs1. The lowest BCUT2D eigenvalue weighted by Gasteiger charge is -2.19. The lowest BCUT2D eigenvalue weighted by atomic mass is 10.2. The van der Waals surface area contributed by atoms with Crippen LogP contribution in [0.3, 0.4) is 0 Å².